The van der Waals surface area contributed by atoms with Crippen molar-refractivity contribution in [3.8, 4) is 10.4 Å². The number of amides is 3. The predicted molar refractivity (Wildman–Crippen MR) is 124 cm³/mol. The Morgan fingerprint density at radius 2 is 1.85 bits per heavy atom. The van der Waals surface area contributed by atoms with Crippen molar-refractivity contribution in [2.45, 2.75) is 32.5 Å². The molecule has 7 N–H and O–H groups in total. The number of rotatable bonds is 10. The summed E-state index contributed by atoms with van der Waals surface area (Å²) in [4.78, 5) is 34.2. The molecule has 0 radical (unpaired) electrons. The van der Waals surface area contributed by atoms with E-state index in [1.165, 1.54) is 30.4 Å². The average molecular weight is 499 g/mol. The van der Waals surface area contributed by atoms with Gasteiger partial charge in [-0.2, -0.15) is 13.2 Å². The highest BCUT2D eigenvalue weighted by molar-refractivity contribution is 7.20. The van der Waals surface area contributed by atoms with E-state index in [0.29, 0.717) is 6.42 Å². The van der Waals surface area contributed by atoms with Crippen LogP contribution in [0, 0.1) is 5.92 Å². The molecule has 0 saturated carbocycles. The van der Waals surface area contributed by atoms with Crippen molar-refractivity contribution in [3.05, 3.63) is 47.0 Å². The van der Waals surface area contributed by atoms with Gasteiger partial charge in [-0.15, -0.1) is 11.3 Å². The first kappa shape index (κ1) is 26.9. The third-order valence-corrected chi connectivity index (χ3v) is 5.73. The van der Waals surface area contributed by atoms with E-state index in [-0.39, 0.29) is 39.0 Å². The molecule has 1 atom stereocenters. The van der Waals surface area contributed by atoms with Gasteiger partial charge in [0.2, 0.25) is 0 Å². The summed E-state index contributed by atoms with van der Waals surface area (Å²) in [6.45, 7) is 3.93. The zero-order valence-electron chi connectivity index (χ0n) is 18.4. The van der Waals surface area contributed by atoms with Gasteiger partial charge < -0.3 is 21.9 Å². The Balaban J connectivity index is 2.33. The number of aliphatic carboxylic acids is 1. The molecule has 0 unspecified atom stereocenters. The number of carboxylic acid groups (broad SMARTS) is 1. The molecule has 2 aromatic rings. The molecule has 3 amide bonds. The summed E-state index contributed by atoms with van der Waals surface area (Å²) >= 11 is 0.741. The van der Waals surface area contributed by atoms with Gasteiger partial charge >= 0.3 is 18.2 Å². The monoisotopic (exact) mass is 498 g/mol. The van der Waals surface area contributed by atoms with E-state index in [1.807, 2.05) is 13.8 Å². The van der Waals surface area contributed by atoms with Gasteiger partial charge in [0, 0.05) is 17.0 Å². The molecule has 2 rings (SSSR count). The summed E-state index contributed by atoms with van der Waals surface area (Å²) in [7, 11) is 0. The number of carbonyl (C=O) groups excluding carboxylic acids is 2. The number of nitrogens with one attached hydrogen (secondary N) is 2. The smallest absolute Gasteiger partial charge is 0.417 e. The van der Waals surface area contributed by atoms with E-state index in [0.717, 1.165) is 17.4 Å². The summed E-state index contributed by atoms with van der Waals surface area (Å²) in [5.41, 5.74) is 9.26. The van der Waals surface area contributed by atoms with Crippen LogP contribution in [0.4, 0.5) is 23.0 Å². The molecular weight excluding hydrogens is 473 g/mol. The van der Waals surface area contributed by atoms with E-state index in [1.54, 1.807) is 0 Å². The Bertz CT molecular complexity index is 1100. The Morgan fingerprint density at radius 1 is 1.18 bits per heavy atom. The minimum atomic E-state index is -4.71. The highest BCUT2D eigenvalue weighted by Crippen LogP contribution is 2.42. The van der Waals surface area contributed by atoms with E-state index < -0.39 is 35.7 Å². The van der Waals surface area contributed by atoms with Crippen molar-refractivity contribution >= 4 is 40.3 Å². The van der Waals surface area contributed by atoms with Crippen LogP contribution in [0.5, 0.6) is 0 Å². The van der Waals surface area contributed by atoms with Crippen LogP contribution < -0.4 is 22.1 Å². The van der Waals surface area contributed by atoms with Gasteiger partial charge in [-0.3, -0.25) is 14.9 Å². The van der Waals surface area contributed by atoms with E-state index in [4.69, 9.17) is 11.5 Å². The van der Waals surface area contributed by atoms with Crippen molar-refractivity contribution < 1.29 is 32.7 Å². The molecule has 34 heavy (non-hydrogen) atoms. The number of carbonyl (C=O) groups is 3. The number of thiophene rings is 1. The number of anilines is 1. The minimum absolute atomic E-state index is 0.0486. The second-order valence-electron chi connectivity index (χ2n) is 7.84. The summed E-state index contributed by atoms with van der Waals surface area (Å²) in [5.74, 6) is -1.77. The molecule has 8 nitrogen and oxygen atoms in total. The van der Waals surface area contributed by atoms with Crippen LogP contribution in [0.1, 0.15) is 41.8 Å². The Hall–Kier alpha value is -3.38. The first-order valence-electron chi connectivity index (χ1n) is 10.1. The van der Waals surface area contributed by atoms with Gasteiger partial charge in [0.1, 0.15) is 11.0 Å². The molecule has 0 aliphatic rings. The van der Waals surface area contributed by atoms with E-state index in [2.05, 4.69) is 10.6 Å². The fourth-order valence-corrected chi connectivity index (χ4v) is 4.28. The van der Waals surface area contributed by atoms with E-state index >= 15 is 0 Å². The minimum Gasteiger partial charge on any atom is -0.480 e. The normalized spacial score (nSPS) is 12.8. The quantitative estimate of drug-likeness (QED) is 0.334. The van der Waals surface area contributed by atoms with Crippen LogP contribution in [0.3, 0.4) is 0 Å². The van der Waals surface area contributed by atoms with Gasteiger partial charge in [-0.05, 0) is 30.0 Å². The van der Waals surface area contributed by atoms with Gasteiger partial charge in [0.15, 0.2) is 0 Å². The van der Waals surface area contributed by atoms with Crippen LogP contribution in [0.2, 0.25) is 0 Å². The van der Waals surface area contributed by atoms with Crippen molar-refractivity contribution in [2.75, 3.05) is 11.9 Å². The number of urea groups is 1. The third kappa shape index (κ3) is 7.32. The number of primary amides is 2. The van der Waals surface area contributed by atoms with Crippen molar-refractivity contribution in [3.63, 3.8) is 0 Å². The molecule has 0 aliphatic heterocycles. The maximum Gasteiger partial charge on any atom is 0.417 e. The van der Waals surface area contributed by atoms with Crippen LogP contribution in [-0.2, 0) is 11.0 Å². The second kappa shape index (κ2) is 11.2. The fourth-order valence-electron chi connectivity index (χ4n) is 3.17. The molecule has 12 heteroatoms. The lowest BCUT2D eigenvalue weighted by atomic mass is 10.0. The molecule has 1 aromatic carbocycles. The number of nitrogens with two attached hydrogens (primary N) is 2. The number of halogens is 3. The van der Waals surface area contributed by atoms with Crippen molar-refractivity contribution in [1.82, 2.24) is 5.32 Å². The number of carboxylic acids is 1. The lowest BCUT2D eigenvalue weighted by Crippen LogP contribution is -2.37. The van der Waals surface area contributed by atoms with E-state index in [9.17, 15) is 32.7 Å². The lowest BCUT2D eigenvalue weighted by molar-refractivity contribution is -0.140. The van der Waals surface area contributed by atoms with Gasteiger partial charge in [0.25, 0.3) is 5.91 Å². The highest BCUT2D eigenvalue weighted by atomic mass is 32.1. The van der Waals surface area contributed by atoms with Gasteiger partial charge in [-0.1, -0.05) is 38.1 Å². The third-order valence-electron chi connectivity index (χ3n) is 4.65. The Labute approximate surface area is 197 Å². The molecule has 0 bridgehead atoms. The first-order chi connectivity index (χ1) is 15.8. The summed E-state index contributed by atoms with van der Waals surface area (Å²) < 4.78 is 41.4. The lowest BCUT2D eigenvalue weighted by Gasteiger charge is -2.15. The molecule has 0 spiro atoms. The number of hydrogen-bond donors (Lipinski definition) is 5. The largest absolute Gasteiger partial charge is 0.480 e. The Kier molecular flexibility index (Phi) is 8.82. The molecule has 0 saturated heterocycles. The van der Waals surface area contributed by atoms with Crippen LogP contribution >= 0.6 is 11.3 Å². The number of alkyl halides is 3. The fraction of sp³-hybridized carbons (Fsp3) is 0.318. The SMILES string of the molecule is CC(C)C[C@H](NCC=Cc1ccc(-c2cc(C(N)=O)c(NC(N)=O)s2)c(C(F)(F)F)c1)C(=O)O. The molecule has 0 fully saturated rings. The standard InChI is InChI=1S/C22H25F3N4O4S/c1-11(2)8-16(20(31)32)28-7-3-4-12-5-6-13(15(9-12)22(23,24)25)17-10-14(18(26)30)19(34-17)29-21(27)33/h3-6,9-11,16,28H,7-8H2,1-2H3,(H2,26,30)(H,31,32)(H3,27,29,33)/t16-/m0/s1. The summed E-state index contributed by atoms with van der Waals surface area (Å²) in [5, 5.41) is 14.2. The van der Waals surface area contributed by atoms with Crippen LogP contribution in [0.25, 0.3) is 16.5 Å². The molecular formula is C22H25F3N4O4S. The maximum absolute atomic E-state index is 13.8. The molecule has 184 valence electrons. The summed E-state index contributed by atoms with van der Waals surface area (Å²) in [6.07, 6.45) is -1.31. The predicted octanol–water partition coefficient (Wildman–Crippen LogP) is 4.13. The molecule has 1 aromatic heterocycles. The molecule has 1 heterocycles. The van der Waals surface area contributed by atoms with Crippen molar-refractivity contribution in [1.29, 1.82) is 0 Å². The topological polar surface area (TPSA) is 148 Å². The van der Waals surface area contributed by atoms with Crippen LogP contribution in [-0.4, -0.2) is 35.6 Å². The van der Waals surface area contributed by atoms with Crippen molar-refractivity contribution in [2.24, 2.45) is 17.4 Å². The van der Waals surface area contributed by atoms with Gasteiger partial charge in [-0.25, -0.2) is 4.79 Å². The van der Waals surface area contributed by atoms with Gasteiger partial charge in [0.05, 0.1) is 11.1 Å². The second-order valence-corrected chi connectivity index (χ2v) is 8.89. The summed E-state index contributed by atoms with van der Waals surface area (Å²) in [6, 6.07) is 3.07. The first-order valence-corrected chi connectivity index (χ1v) is 11.0. The molecule has 0 aliphatic carbocycles. The zero-order chi connectivity index (χ0) is 25.6. The highest BCUT2D eigenvalue weighted by Gasteiger charge is 2.34. The number of hydrogen-bond acceptors (Lipinski definition) is 5. The zero-order valence-corrected chi connectivity index (χ0v) is 19.2. The van der Waals surface area contributed by atoms with Crippen LogP contribution in [0.15, 0.2) is 30.3 Å². The Morgan fingerprint density at radius 3 is 2.38 bits per heavy atom. The number of benzene rings is 1. The average Bonchev–Trinajstić information content (AvgIpc) is 3.12. The maximum atomic E-state index is 13.8.